The van der Waals surface area contributed by atoms with E-state index in [2.05, 4.69) is 62.5 Å². The molecular weight excluding hydrogens is 584 g/mol. The summed E-state index contributed by atoms with van der Waals surface area (Å²) in [5, 5.41) is 10.7. The number of carbonyl (C=O) groups is 3. The highest BCUT2D eigenvalue weighted by Gasteiger charge is 2.34. The van der Waals surface area contributed by atoms with Gasteiger partial charge in [-0.15, -0.1) is 0 Å². The number of hydrogen-bond acceptors (Lipinski definition) is 5. The van der Waals surface area contributed by atoms with E-state index in [-0.39, 0.29) is 54.6 Å². The second-order valence-electron chi connectivity index (χ2n) is 13.1. The maximum absolute atomic E-state index is 12.8. The van der Waals surface area contributed by atoms with Crippen molar-refractivity contribution in [3.05, 3.63) is 59.9 Å². The van der Waals surface area contributed by atoms with Gasteiger partial charge in [0.05, 0.1) is 0 Å². The number of unbranched alkanes of at least 4 members (excludes halogenated alkanes) is 16. The first-order chi connectivity index (χ1) is 23.0. The number of ketones is 2. The van der Waals surface area contributed by atoms with E-state index in [1.54, 1.807) is 0 Å². The lowest BCUT2D eigenvalue weighted by atomic mass is 9.89. The summed E-state index contributed by atoms with van der Waals surface area (Å²) >= 11 is 0. The molecule has 1 aliphatic carbocycles. The Balaban J connectivity index is 2.17. The Morgan fingerprint density at radius 2 is 1.04 bits per heavy atom. The molecule has 47 heavy (non-hydrogen) atoms. The quantitative estimate of drug-likeness (QED) is 0.0361. The van der Waals surface area contributed by atoms with Crippen molar-refractivity contribution in [1.82, 2.24) is 0 Å². The maximum Gasteiger partial charge on any atom is 0.306 e. The number of esters is 1. The third-order valence-electron chi connectivity index (χ3n) is 8.71. The molecule has 1 aliphatic rings. The molecule has 1 atom stereocenters. The molecule has 0 aromatic rings. The molecule has 0 bridgehead atoms. The fourth-order valence-electron chi connectivity index (χ4n) is 5.76. The summed E-state index contributed by atoms with van der Waals surface area (Å²) in [5.74, 6) is -1.38. The molecule has 0 radical (unpaired) electrons. The highest BCUT2D eigenvalue weighted by atomic mass is 16.6. The van der Waals surface area contributed by atoms with E-state index in [1.807, 2.05) is 0 Å². The topological polar surface area (TPSA) is 80.7 Å². The van der Waals surface area contributed by atoms with Crippen LogP contribution in [0.3, 0.4) is 0 Å². The maximum atomic E-state index is 12.8. The number of aliphatic hydroxyl groups excluding tert-OH is 1. The number of hydrogen-bond donors (Lipinski definition) is 1. The molecule has 1 N–H and O–H groups in total. The Kier molecular flexibility index (Phi) is 27.6. The smallest absolute Gasteiger partial charge is 0.306 e. The van der Waals surface area contributed by atoms with Gasteiger partial charge in [0.1, 0.15) is 11.3 Å². The van der Waals surface area contributed by atoms with Crippen molar-refractivity contribution in [2.45, 2.75) is 187 Å². The van der Waals surface area contributed by atoms with E-state index >= 15 is 0 Å². The Bertz CT molecular complexity index is 983. The molecule has 1 unspecified atom stereocenters. The van der Waals surface area contributed by atoms with Gasteiger partial charge in [0.25, 0.3) is 0 Å². The summed E-state index contributed by atoms with van der Waals surface area (Å²) in [6.45, 7) is 4.46. The zero-order chi connectivity index (χ0) is 34.2. The minimum Gasteiger partial charge on any atom is -0.507 e. The zero-order valence-corrected chi connectivity index (χ0v) is 30.2. The molecule has 0 fully saturated rings. The van der Waals surface area contributed by atoms with Gasteiger partial charge in [-0.2, -0.15) is 0 Å². The van der Waals surface area contributed by atoms with Crippen molar-refractivity contribution >= 4 is 17.5 Å². The summed E-state index contributed by atoms with van der Waals surface area (Å²) in [6, 6.07) is 0. The van der Waals surface area contributed by atoms with Gasteiger partial charge in [0.15, 0.2) is 17.7 Å². The summed E-state index contributed by atoms with van der Waals surface area (Å²) in [4.78, 5) is 37.7. The lowest BCUT2D eigenvalue weighted by molar-refractivity contribution is -0.150. The Hall–Kier alpha value is -2.69. The number of ether oxygens (including phenoxy) is 1. The molecule has 0 aliphatic heterocycles. The highest BCUT2D eigenvalue weighted by Crippen LogP contribution is 2.26. The fourth-order valence-corrected chi connectivity index (χ4v) is 5.76. The van der Waals surface area contributed by atoms with Gasteiger partial charge in [-0.25, -0.2) is 0 Å². The summed E-state index contributed by atoms with van der Waals surface area (Å²) in [7, 11) is 0. The van der Waals surface area contributed by atoms with Gasteiger partial charge in [0, 0.05) is 19.3 Å². The molecule has 0 heterocycles. The van der Waals surface area contributed by atoms with Gasteiger partial charge in [0.2, 0.25) is 0 Å². The third kappa shape index (κ3) is 23.3. The molecule has 0 amide bonds. The molecule has 0 aromatic heterocycles. The van der Waals surface area contributed by atoms with E-state index in [0.29, 0.717) is 6.42 Å². The zero-order valence-electron chi connectivity index (χ0n) is 30.2. The van der Waals surface area contributed by atoms with Crippen molar-refractivity contribution in [3.8, 4) is 0 Å². The van der Waals surface area contributed by atoms with Crippen molar-refractivity contribution in [2.24, 2.45) is 0 Å². The van der Waals surface area contributed by atoms with E-state index < -0.39 is 6.10 Å². The van der Waals surface area contributed by atoms with Crippen LogP contribution in [0.25, 0.3) is 0 Å². The molecular formula is C42H68O5. The van der Waals surface area contributed by atoms with Gasteiger partial charge < -0.3 is 9.84 Å². The molecule has 266 valence electrons. The number of allylic oxidation sites excluding steroid dienone is 9. The third-order valence-corrected chi connectivity index (χ3v) is 8.71. The second kappa shape index (κ2) is 30.6. The van der Waals surface area contributed by atoms with Crippen LogP contribution in [0.4, 0.5) is 0 Å². The van der Waals surface area contributed by atoms with Crippen LogP contribution in [0.5, 0.6) is 0 Å². The van der Waals surface area contributed by atoms with Crippen LogP contribution in [0, 0.1) is 0 Å². The van der Waals surface area contributed by atoms with Crippen LogP contribution >= 0.6 is 0 Å². The molecule has 5 nitrogen and oxygen atoms in total. The van der Waals surface area contributed by atoms with E-state index in [0.717, 1.165) is 83.5 Å². The minimum absolute atomic E-state index is 0.120. The molecule has 5 heteroatoms. The average Bonchev–Trinajstić information content (AvgIpc) is 3.06. The molecule has 0 saturated heterocycles. The highest BCUT2D eigenvalue weighted by molar-refractivity contribution is 6.21. The molecule has 0 spiro atoms. The summed E-state index contributed by atoms with van der Waals surface area (Å²) in [5.41, 5.74) is -0.143. The molecule has 0 saturated carbocycles. The lowest BCUT2D eigenvalue weighted by Crippen LogP contribution is -2.31. The first-order valence-electron chi connectivity index (χ1n) is 19.3. The molecule has 1 rings (SSSR count). The van der Waals surface area contributed by atoms with Crippen LogP contribution < -0.4 is 0 Å². The summed E-state index contributed by atoms with van der Waals surface area (Å²) in [6.07, 6.45) is 42.3. The largest absolute Gasteiger partial charge is 0.507 e. The van der Waals surface area contributed by atoms with Crippen LogP contribution in [-0.4, -0.2) is 28.7 Å². The van der Waals surface area contributed by atoms with Crippen molar-refractivity contribution in [1.29, 1.82) is 0 Å². The van der Waals surface area contributed by atoms with Crippen LogP contribution in [-0.2, 0) is 19.1 Å². The standard InChI is InChI=1S/C42H68O5/c1-3-5-7-9-11-13-15-17-19-21-23-25-27-29-31-33-37(43)41-38(44)35-36-39(42(41)46)47-40(45)34-32-30-28-26-24-22-20-18-16-14-12-10-8-6-4-2/h11-14,17-20,39,46H,3-10,15-16,21-36H2,1-2H3/b13-11-,14-12-,19-17-,20-18-. The van der Waals surface area contributed by atoms with E-state index in [9.17, 15) is 19.5 Å². The van der Waals surface area contributed by atoms with Gasteiger partial charge in [-0.3, -0.25) is 14.4 Å². The monoisotopic (exact) mass is 653 g/mol. The Morgan fingerprint density at radius 3 is 1.53 bits per heavy atom. The van der Waals surface area contributed by atoms with Gasteiger partial charge >= 0.3 is 5.97 Å². The normalized spacial score (nSPS) is 15.7. The van der Waals surface area contributed by atoms with Crippen molar-refractivity contribution < 1.29 is 24.2 Å². The van der Waals surface area contributed by atoms with Crippen LogP contribution in [0.2, 0.25) is 0 Å². The second-order valence-corrected chi connectivity index (χ2v) is 13.1. The Labute approximate surface area is 288 Å². The van der Waals surface area contributed by atoms with Gasteiger partial charge in [-0.05, 0) is 83.5 Å². The number of aliphatic hydroxyl groups is 1. The SMILES string of the molecule is CCCCC/C=C\C/C=C\CCCCCCCC(=O)OC1CCC(=O)C(C(=O)CCCCCCC/C=C\C/C=C\CCCCC)=C1O. The van der Waals surface area contributed by atoms with E-state index in [1.165, 1.54) is 51.4 Å². The molecule has 0 aromatic carbocycles. The first-order valence-corrected chi connectivity index (χ1v) is 19.3. The fraction of sp³-hybridized carbons (Fsp3) is 0.690. The average molecular weight is 653 g/mol. The number of rotatable bonds is 30. The van der Waals surface area contributed by atoms with Crippen molar-refractivity contribution in [2.75, 3.05) is 0 Å². The van der Waals surface area contributed by atoms with Gasteiger partial charge in [-0.1, -0.05) is 127 Å². The van der Waals surface area contributed by atoms with Crippen LogP contribution in [0.1, 0.15) is 181 Å². The number of Topliss-reactive ketones (excluding diaryl/α,β-unsaturated/α-hetero) is 2. The predicted octanol–water partition coefficient (Wildman–Crippen LogP) is 12.3. The predicted molar refractivity (Wildman–Crippen MR) is 197 cm³/mol. The lowest BCUT2D eigenvalue weighted by Gasteiger charge is -2.23. The Morgan fingerprint density at radius 1 is 0.617 bits per heavy atom. The van der Waals surface area contributed by atoms with Crippen LogP contribution in [0.15, 0.2) is 59.9 Å². The first kappa shape index (κ1) is 42.3. The van der Waals surface area contributed by atoms with E-state index in [4.69, 9.17) is 4.74 Å². The minimum atomic E-state index is -0.887. The van der Waals surface area contributed by atoms with Crippen molar-refractivity contribution in [3.63, 3.8) is 0 Å². The number of carbonyl (C=O) groups excluding carboxylic acids is 3. The summed E-state index contributed by atoms with van der Waals surface area (Å²) < 4.78 is 5.51.